The third-order valence-corrected chi connectivity index (χ3v) is 4.73. The highest BCUT2D eigenvalue weighted by atomic mass is 28.3. The van der Waals surface area contributed by atoms with E-state index in [2.05, 4.69) is 4.98 Å². The Morgan fingerprint density at radius 3 is 1.75 bits per heavy atom. The Morgan fingerprint density at radius 2 is 1.50 bits per heavy atom. The lowest BCUT2D eigenvalue weighted by molar-refractivity contribution is -0.149. The van der Waals surface area contributed by atoms with E-state index >= 15 is 0 Å². The molecule has 7 heteroatoms. The van der Waals surface area contributed by atoms with Gasteiger partial charge in [-0.1, -0.05) is 39.3 Å². The van der Waals surface area contributed by atoms with Crippen molar-refractivity contribution in [2.75, 3.05) is 0 Å². The Hall–Kier alpha value is -0.306. The fourth-order valence-corrected chi connectivity index (χ4v) is 3.15. The molecule has 0 heterocycles. The minimum Gasteiger partial charge on any atom is -0.377 e. The lowest BCUT2D eigenvalue weighted by Crippen LogP contribution is -2.59. The molecule has 0 radical (unpaired) electrons. The van der Waals surface area contributed by atoms with Crippen molar-refractivity contribution >= 4 is 22.2 Å². The third kappa shape index (κ3) is 4.28. The van der Waals surface area contributed by atoms with Crippen LogP contribution >= 0.6 is 0 Å². The van der Waals surface area contributed by atoms with E-state index in [4.69, 9.17) is 0 Å². The van der Waals surface area contributed by atoms with Crippen LogP contribution in [-0.2, 0) is 4.79 Å². The summed E-state index contributed by atoms with van der Waals surface area (Å²) >= 11 is 0. The van der Waals surface area contributed by atoms with Crippen LogP contribution in [0.3, 0.4) is 0 Å². The Kier molecular flexibility index (Phi) is 4.43. The van der Waals surface area contributed by atoms with E-state index in [1.807, 2.05) is 0 Å². The second-order valence-corrected chi connectivity index (χ2v) is 16.0. The SMILES string of the molecule is C[Si](C)(C)NC(=O)C(F)(F)C(F)[Si](C)(C)C. The van der Waals surface area contributed by atoms with Gasteiger partial charge in [0.2, 0.25) is 0 Å². The molecular weight excluding hydrogens is 251 g/mol. The summed E-state index contributed by atoms with van der Waals surface area (Å²) in [5.41, 5.74) is 0. The van der Waals surface area contributed by atoms with Gasteiger partial charge in [-0.3, -0.25) is 4.79 Å². The number of hydrogen-bond donors (Lipinski definition) is 1. The lowest BCUT2D eigenvalue weighted by atomic mass is 10.3. The number of amides is 1. The van der Waals surface area contributed by atoms with Gasteiger partial charge in [0.25, 0.3) is 5.91 Å². The lowest BCUT2D eigenvalue weighted by Gasteiger charge is -2.30. The number of rotatable bonds is 4. The van der Waals surface area contributed by atoms with Crippen molar-refractivity contribution in [2.45, 2.75) is 51.0 Å². The predicted molar refractivity (Wildman–Crippen MR) is 64.7 cm³/mol. The Morgan fingerprint density at radius 1 is 1.12 bits per heavy atom. The number of nitrogens with one attached hydrogen (secondary N) is 1. The first-order chi connectivity index (χ1) is 6.78. The molecule has 0 saturated carbocycles. The molecule has 0 fully saturated rings. The van der Waals surface area contributed by atoms with E-state index in [-0.39, 0.29) is 0 Å². The van der Waals surface area contributed by atoms with E-state index in [1.54, 1.807) is 19.6 Å². The molecule has 0 aliphatic carbocycles. The molecular formula is C9H20F3NOSi2. The number of carbonyl (C=O) groups excluding carboxylic acids is 1. The van der Waals surface area contributed by atoms with Crippen molar-refractivity contribution < 1.29 is 18.0 Å². The van der Waals surface area contributed by atoms with E-state index in [9.17, 15) is 18.0 Å². The van der Waals surface area contributed by atoms with Crippen molar-refractivity contribution in [2.24, 2.45) is 0 Å². The maximum Gasteiger partial charge on any atom is 0.351 e. The van der Waals surface area contributed by atoms with Crippen LogP contribution < -0.4 is 4.98 Å². The largest absolute Gasteiger partial charge is 0.377 e. The van der Waals surface area contributed by atoms with Crippen LogP contribution in [0.25, 0.3) is 0 Å². The first kappa shape index (κ1) is 15.7. The molecule has 0 aromatic heterocycles. The van der Waals surface area contributed by atoms with E-state index in [1.165, 1.54) is 19.6 Å². The fourth-order valence-electron chi connectivity index (χ4n) is 1.08. The van der Waals surface area contributed by atoms with Crippen molar-refractivity contribution in [1.29, 1.82) is 0 Å². The molecule has 1 atom stereocenters. The molecule has 0 bridgehead atoms. The second-order valence-electron chi connectivity index (χ2n) is 6.06. The summed E-state index contributed by atoms with van der Waals surface area (Å²) < 4.78 is 40.6. The zero-order valence-corrected chi connectivity index (χ0v) is 12.6. The highest BCUT2D eigenvalue weighted by Crippen LogP contribution is 2.29. The van der Waals surface area contributed by atoms with Crippen molar-refractivity contribution in [1.82, 2.24) is 4.98 Å². The smallest absolute Gasteiger partial charge is 0.351 e. The molecule has 1 amide bonds. The molecule has 0 aliphatic rings. The molecule has 1 N–H and O–H groups in total. The van der Waals surface area contributed by atoms with E-state index < -0.39 is 33.9 Å². The number of alkyl halides is 3. The maximum atomic E-state index is 13.6. The van der Waals surface area contributed by atoms with Gasteiger partial charge in [-0.2, -0.15) is 8.78 Å². The van der Waals surface area contributed by atoms with Gasteiger partial charge in [0.1, 0.15) is 8.24 Å². The van der Waals surface area contributed by atoms with E-state index in [0.29, 0.717) is 0 Å². The number of hydrogen-bond acceptors (Lipinski definition) is 1. The van der Waals surface area contributed by atoms with Crippen molar-refractivity contribution in [3.63, 3.8) is 0 Å². The van der Waals surface area contributed by atoms with Gasteiger partial charge in [0.05, 0.1) is 8.07 Å². The van der Waals surface area contributed by atoms with Crippen LogP contribution in [0.2, 0.25) is 39.3 Å². The second kappa shape index (κ2) is 4.52. The first-order valence-electron chi connectivity index (χ1n) is 5.13. The molecule has 0 aliphatic heterocycles. The predicted octanol–water partition coefficient (Wildman–Crippen LogP) is 2.79. The minimum atomic E-state index is -3.91. The number of halogens is 3. The van der Waals surface area contributed by atoms with Gasteiger partial charge in [-0.15, -0.1) is 0 Å². The standard InChI is InChI=1S/C9H20F3NOSi2/c1-15(2,3)7(10)9(11,12)8(14)13-16(4,5)6/h7H,1-6H3,(H,13,14). The molecule has 16 heavy (non-hydrogen) atoms. The summed E-state index contributed by atoms with van der Waals surface area (Å²) in [5, 5.41) is 0. The van der Waals surface area contributed by atoms with Crippen molar-refractivity contribution in [3.05, 3.63) is 0 Å². The van der Waals surface area contributed by atoms with Crippen molar-refractivity contribution in [3.8, 4) is 0 Å². The monoisotopic (exact) mass is 271 g/mol. The third-order valence-electron chi connectivity index (χ3n) is 1.87. The fraction of sp³-hybridized carbons (Fsp3) is 0.889. The molecule has 0 saturated heterocycles. The molecule has 2 nitrogen and oxygen atoms in total. The molecule has 1 unspecified atom stereocenters. The Bertz CT molecular complexity index is 271. The van der Waals surface area contributed by atoms with Gasteiger partial charge in [-0.05, 0) is 0 Å². The summed E-state index contributed by atoms with van der Waals surface area (Å²) in [6, 6.07) is 0. The van der Waals surface area contributed by atoms with Gasteiger partial charge in [0, 0.05) is 0 Å². The average Bonchev–Trinajstić information content (AvgIpc) is 1.97. The zero-order valence-electron chi connectivity index (χ0n) is 10.6. The van der Waals surface area contributed by atoms with Gasteiger partial charge in [0.15, 0.2) is 5.79 Å². The quantitative estimate of drug-likeness (QED) is 0.783. The zero-order chi connectivity index (χ0) is 13.4. The number of carbonyl (C=O) groups is 1. The topological polar surface area (TPSA) is 29.1 Å². The highest BCUT2D eigenvalue weighted by molar-refractivity contribution is 6.78. The molecule has 0 aromatic rings. The minimum absolute atomic E-state index is 1.47. The van der Waals surface area contributed by atoms with Crippen LogP contribution in [-0.4, -0.2) is 33.9 Å². The molecule has 0 aromatic carbocycles. The first-order valence-corrected chi connectivity index (χ1v) is 12.2. The van der Waals surface area contributed by atoms with Gasteiger partial charge >= 0.3 is 5.92 Å². The normalized spacial score (nSPS) is 15.8. The summed E-state index contributed by atoms with van der Waals surface area (Å²) in [7, 11) is -4.86. The Balaban J connectivity index is 4.86. The molecule has 0 rings (SSSR count). The van der Waals surface area contributed by atoms with Gasteiger partial charge < -0.3 is 4.98 Å². The molecule has 96 valence electrons. The highest BCUT2D eigenvalue weighted by Gasteiger charge is 2.54. The van der Waals surface area contributed by atoms with Crippen LogP contribution in [0, 0.1) is 0 Å². The average molecular weight is 271 g/mol. The van der Waals surface area contributed by atoms with Crippen LogP contribution in [0.1, 0.15) is 0 Å². The maximum absolute atomic E-state index is 13.6. The van der Waals surface area contributed by atoms with Crippen LogP contribution in [0.15, 0.2) is 0 Å². The van der Waals surface area contributed by atoms with Gasteiger partial charge in [-0.25, -0.2) is 4.39 Å². The Labute approximate surface area is 96.7 Å². The van der Waals surface area contributed by atoms with Crippen LogP contribution in [0.5, 0.6) is 0 Å². The summed E-state index contributed by atoms with van der Waals surface area (Å²) in [6.45, 7) is 9.57. The van der Waals surface area contributed by atoms with E-state index in [0.717, 1.165) is 0 Å². The molecule has 0 spiro atoms. The van der Waals surface area contributed by atoms with Crippen LogP contribution in [0.4, 0.5) is 13.2 Å². The summed E-state index contributed by atoms with van der Waals surface area (Å²) in [5.74, 6) is -7.73. The summed E-state index contributed by atoms with van der Waals surface area (Å²) in [6.07, 6.45) is 0. The summed E-state index contributed by atoms with van der Waals surface area (Å²) in [4.78, 5) is 13.6.